The quantitative estimate of drug-likeness (QED) is 0.0421. The normalized spacial score (nSPS) is 13.5. The number of hydrogen-bond acceptors (Lipinski definition) is 3. The smallest absolute Gasteiger partial charge is 0.220 e. The number of aliphatic hydroxyl groups excluding tert-OH is 2. The molecule has 2 unspecified atom stereocenters. The number of nitrogens with one attached hydrogen (secondary N) is 1. The van der Waals surface area contributed by atoms with E-state index in [2.05, 4.69) is 104 Å². The SMILES string of the molecule is CC/C=C\C/C=C\C/C=C\C/C=C\C/C=C\C/C=C\C/C=C\CCCCCCCCCCCC(=O)NC(CO)C(O)CCCCCCCCCCCCCCCCCCCCCCCCC. The molecule has 0 rings (SSSR count). The lowest BCUT2D eigenvalue weighted by molar-refractivity contribution is -0.123. The Hall–Kier alpha value is -2.43. The van der Waals surface area contributed by atoms with E-state index in [4.69, 9.17) is 0 Å². The molecule has 0 heterocycles. The molecule has 0 aliphatic carbocycles. The van der Waals surface area contributed by atoms with Crippen molar-refractivity contribution in [2.75, 3.05) is 6.61 Å². The average Bonchev–Trinajstić information content (AvgIpc) is 3.32. The van der Waals surface area contributed by atoms with Crippen LogP contribution < -0.4 is 5.32 Å². The molecule has 0 saturated carbocycles. The molecule has 3 N–H and O–H groups in total. The Bertz CT molecular complexity index is 1180. The minimum absolute atomic E-state index is 0.0381. The van der Waals surface area contributed by atoms with Crippen molar-refractivity contribution in [1.29, 1.82) is 0 Å². The minimum atomic E-state index is -0.668. The zero-order valence-electron chi connectivity index (χ0n) is 43.9. The molecule has 0 aromatic rings. The molecule has 66 heavy (non-hydrogen) atoms. The van der Waals surface area contributed by atoms with E-state index < -0.39 is 12.1 Å². The van der Waals surface area contributed by atoms with Crippen LogP contribution in [0.5, 0.6) is 0 Å². The maximum Gasteiger partial charge on any atom is 0.220 e. The maximum atomic E-state index is 12.5. The summed E-state index contributed by atoms with van der Waals surface area (Å²) in [6, 6.07) is -0.546. The summed E-state index contributed by atoms with van der Waals surface area (Å²) in [5.41, 5.74) is 0. The highest BCUT2D eigenvalue weighted by atomic mass is 16.3. The van der Waals surface area contributed by atoms with Crippen molar-refractivity contribution in [3.8, 4) is 0 Å². The lowest BCUT2D eigenvalue weighted by Crippen LogP contribution is -2.45. The number of amides is 1. The summed E-state index contributed by atoms with van der Waals surface area (Å²) in [4.78, 5) is 12.5. The first kappa shape index (κ1) is 63.6. The van der Waals surface area contributed by atoms with Crippen LogP contribution in [0, 0.1) is 0 Å². The van der Waals surface area contributed by atoms with E-state index in [0.717, 1.165) is 70.6 Å². The summed E-state index contributed by atoms with van der Waals surface area (Å²) >= 11 is 0. The largest absolute Gasteiger partial charge is 0.394 e. The van der Waals surface area contributed by atoms with Gasteiger partial charge in [-0.15, -0.1) is 0 Å². The maximum absolute atomic E-state index is 12.5. The molecular formula is C62H111NO3. The van der Waals surface area contributed by atoms with Crippen molar-refractivity contribution in [1.82, 2.24) is 5.32 Å². The summed E-state index contributed by atoms with van der Waals surface area (Å²) in [6.07, 6.45) is 82.8. The number of carbonyl (C=O) groups excluding carboxylic acids is 1. The summed E-state index contributed by atoms with van der Waals surface area (Å²) in [5.74, 6) is -0.0381. The first-order valence-electron chi connectivity index (χ1n) is 28.8. The molecule has 4 nitrogen and oxygen atoms in total. The topological polar surface area (TPSA) is 69.6 Å². The second-order valence-corrected chi connectivity index (χ2v) is 19.3. The molecular weight excluding hydrogens is 807 g/mol. The molecule has 4 heteroatoms. The van der Waals surface area contributed by atoms with Crippen LogP contribution in [0.25, 0.3) is 0 Å². The standard InChI is InChI=1S/C62H111NO3/c1-3-5-7-9-11-13-15-17-19-21-23-25-27-28-29-30-31-32-33-34-36-38-40-42-44-46-48-50-52-54-56-58-62(66)63-60(59-64)61(65)57-55-53-51-49-47-45-43-41-39-37-35-26-24-22-20-18-16-14-12-10-8-6-4-2/h5,7,11,13,17,19,23,25,28-29,31-32,34,36,60-61,64-65H,3-4,6,8-10,12,14-16,18,20-22,24,26-27,30,33,35,37-59H2,1-2H3,(H,63,66)/b7-5-,13-11-,19-17-,25-23-,29-28-,32-31-,36-34-. The number of hydrogen-bond donors (Lipinski definition) is 3. The van der Waals surface area contributed by atoms with Crippen molar-refractivity contribution in [2.24, 2.45) is 0 Å². The molecule has 0 bridgehead atoms. The van der Waals surface area contributed by atoms with Crippen LogP contribution in [0.2, 0.25) is 0 Å². The highest BCUT2D eigenvalue weighted by Gasteiger charge is 2.20. The molecule has 2 atom stereocenters. The van der Waals surface area contributed by atoms with Gasteiger partial charge in [-0.2, -0.15) is 0 Å². The molecule has 0 saturated heterocycles. The van der Waals surface area contributed by atoms with Gasteiger partial charge in [-0.05, 0) is 70.6 Å². The third-order valence-corrected chi connectivity index (χ3v) is 12.9. The van der Waals surface area contributed by atoms with Crippen molar-refractivity contribution >= 4 is 5.91 Å². The fraction of sp³-hybridized carbons (Fsp3) is 0.758. The molecule has 0 aliphatic heterocycles. The van der Waals surface area contributed by atoms with Crippen LogP contribution in [-0.4, -0.2) is 34.9 Å². The Morgan fingerprint density at radius 2 is 0.667 bits per heavy atom. The monoisotopic (exact) mass is 918 g/mol. The molecule has 0 aromatic carbocycles. The van der Waals surface area contributed by atoms with Crippen LogP contribution in [0.15, 0.2) is 85.1 Å². The van der Waals surface area contributed by atoms with Crippen LogP contribution in [0.1, 0.15) is 284 Å². The first-order chi connectivity index (χ1) is 32.7. The predicted molar refractivity (Wildman–Crippen MR) is 294 cm³/mol. The third-order valence-electron chi connectivity index (χ3n) is 12.9. The highest BCUT2D eigenvalue weighted by Crippen LogP contribution is 2.17. The molecule has 0 aromatic heterocycles. The summed E-state index contributed by atoms with van der Waals surface area (Å²) < 4.78 is 0. The molecule has 0 aliphatic rings. The molecule has 0 radical (unpaired) electrons. The summed E-state index contributed by atoms with van der Waals surface area (Å²) in [6.45, 7) is 4.26. The Kier molecular flexibility index (Phi) is 54.8. The van der Waals surface area contributed by atoms with Crippen molar-refractivity contribution in [3.05, 3.63) is 85.1 Å². The predicted octanol–water partition coefficient (Wildman–Crippen LogP) is 19.1. The minimum Gasteiger partial charge on any atom is -0.394 e. The van der Waals surface area contributed by atoms with E-state index in [9.17, 15) is 15.0 Å². The summed E-state index contributed by atoms with van der Waals surface area (Å²) in [5, 5.41) is 23.4. The first-order valence-corrected chi connectivity index (χ1v) is 28.8. The number of unbranched alkanes of at least 4 members (excludes halogenated alkanes) is 31. The Morgan fingerprint density at radius 1 is 0.379 bits per heavy atom. The van der Waals surface area contributed by atoms with E-state index in [1.165, 1.54) is 186 Å². The van der Waals surface area contributed by atoms with E-state index in [0.29, 0.717) is 12.8 Å². The van der Waals surface area contributed by atoms with Crippen LogP contribution in [0.3, 0.4) is 0 Å². The van der Waals surface area contributed by atoms with Gasteiger partial charge in [-0.25, -0.2) is 0 Å². The zero-order valence-corrected chi connectivity index (χ0v) is 43.9. The van der Waals surface area contributed by atoms with Crippen LogP contribution in [-0.2, 0) is 4.79 Å². The second-order valence-electron chi connectivity index (χ2n) is 19.3. The number of rotatable bonds is 52. The molecule has 1 amide bonds. The van der Waals surface area contributed by atoms with Gasteiger partial charge in [0.25, 0.3) is 0 Å². The molecule has 0 spiro atoms. The van der Waals surface area contributed by atoms with Crippen molar-refractivity contribution < 1.29 is 15.0 Å². The third kappa shape index (κ3) is 52.5. The van der Waals surface area contributed by atoms with Crippen LogP contribution >= 0.6 is 0 Å². The molecule has 0 fully saturated rings. The van der Waals surface area contributed by atoms with Gasteiger partial charge in [0.15, 0.2) is 0 Å². The van der Waals surface area contributed by atoms with Gasteiger partial charge < -0.3 is 15.5 Å². The van der Waals surface area contributed by atoms with Gasteiger partial charge in [0.05, 0.1) is 18.8 Å². The van der Waals surface area contributed by atoms with Gasteiger partial charge in [-0.3, -0.25) is 4.79 Å². The van der Waals surface area contributed by atoms with Crippen LogP contribution in [0.4, 0.5) is 0 Å². The van der Waals surface area contributed by atoms with Gasteiger partial charge >= 0.3 is 0 Å². The number of allylic oxidation sites excluding steroid dienone is 14. The van der Waals surface area contributed by atoms with Crippen molar-refractivity contribution in [3.63, 3.8) is 0 Å². The van der Waals surface area contributed by atoms with E-state index in [-0.39, 0.29) is 12.5 Å². The second kappa shape index (κ2) is 56.9. The highest BCUT2D eigenvalue weighted by molar-refractivity contribution is 5.76. The molecule has 382 valence electrons. The Labute approximate surface area is 411 Å². The Balaban J connectivity index is 3.53. The fourth-order valence-electron chi connectivity index (χ4n) is 8.58. The van der Waals surface area contributed by atoms with Crippen molar-refractivity contribution in [2.45, 2.75) is 296 Å². The zero-order chi connectivity index (χ0) is 47.7. The lowest BCUT2D eigenvalue weighted by atomic mass is 10.0. The van der Waals surface area contributed by atoms with Gasteiger partial charge in [-0.1, -0.05) is 292 Å². The number of aliphatic hydroxyl groups is 2. The lowest BCUT2D eigenvalue weighted by Gasteiger charge is -2.22. The van der Waals surface area contributed by atoms with Gasteiger partial charge in [0, 0.05) is 6.42 Å². The summed E-state index contributed by atoms with van der Waals surface area (Å²) in [7, 11) is 0. The van der Waals surface area contributed by atoms with Gasteiger partial charge in [0.2, 0.25) is 5.91 Å². The number of carbonyl (C=O) groups is 1. The van der Waals surface area contributed by atoms with Gasteiger partial charge in [0.1, 0.15) is 0 Å². The van der Waals surface area contributed by atoms with E-state index in [1.807, 2.05) is 0 Å². The van der Waals surface area contributed by atoms with E-state index in [1.54, 1.807) is 0 Å². The Morgan fingerprint density at radius 3 is 1.00 bits per heavy atom. The average molecular weight is 919 g/mol. The fourth-order valence-corrected chi connectivity index (χ4v) is 8.58. The van der Waals surface area contributed by atoms with E-state index >= 15 is 0 Å².